The summed E-state index contributed by atoms with van der Waals surface area (Å²) in [5.41, 5.74) is 0. The normalized spacial score (nSPS) is 9.20. The Balaban J connectivity index is 0.000000288. The lowest BCUT2D eigenvalue weighted by atomic mass is 10.5. The zero-order valence-corrected chi connectivity index (χ0v) is 10.5. The van der Waals surface area contributed by atoms with Crippen molar-refractivity contribution in [1.29, 1.82) is 0 Å². The van der Waals surface area contributed by atoms with E-state index in [1.807, 2.05) is 0 Å². The average molecular weight is 271 g/mol. The van der Waals surface area contributed by atoms with E-state index in [1.54, 1.807) is 13.8 Å². The molecule has 0 saturated carbocycles. The van der Waals surface area contributed by atoms with Gasteiger partial charge in [-0.15, -0.1) is 0 Å². The molecule has 0 aliphatic heterocycles. The summed E-state index contributed by atoms with van der Waals surface area (Å²) in [4.78, 5) is 13.1. The number of rotatable bonds is 2. The fourth-order valence-electron chi connectivity index (χ4n) is 0.502. The number of aromatic nitrogens is 1. The van der Waals surface area contributed by atoms with Crippen molar-refractivity contribution in [2.24, 2.45) is 0 Å². The quantitative estimate of drug-likeness (QED) is 0.609. The maximum Gasteiger partial charge on any atom is 0.293 e. The van der Waals surface area contributed by atoms with E-state index >= 15 is 0 Å². The summed E-state index contributed by atoms with van der Waals surface area (Å²) in [7, 11) is 0. The van der Waals surface area contributed by atoms with Crippen molar-refractivity contribution in [3.8, 4) is 0 Å². The van der Waals surface area contributed by atoms with Gasteiger partial charge in [0.25, 0.3) is 6.47 Å². The van der Waals surface area contributed by atoms with Crippen LogP contribution in [0.25, 0.3) is 0 Å². The second kappa shape index (κ2) is 7.74. The molecule has 0 bridgehead atoms. The van der Waals surface area contributed by atoms with E-state index in [-0.39, 0.29) is 6.10 Å². The Bertz CT molecular complexity index is 318. The first-order valence-electron chi connectivity index (χ1n) is 4.03. The molecule has 0 N–H and O–H groups in total. The van der Waals surface area contributed by atoms with Crippen LogP contribution in [0, 0.1) is 0 Å². The molecule has 0 aliphatic rings. The van der Waals surface area contributed by atoms with E-state index in [4.69, 9.17) is 34.8 Å². The first-order valence-corrected chi connectivity index (χ1v) is 5.16. The van der Waals surface area contributed by atoms with Crippen molar-refractivity contribution in [1.82, 2.24) is 4.98 Å². The predicted molar refractivity (Wildman–Crippen MR) is 61.6 cm³/mol. The van der Waals surface area contributed by atoms with Gasteiger partial charge in [0.05, 0.1) is 16.1 Å². The predicted octanol–water partition coefficient (Wildman–Crippen LogP) is 3.61. The smallest absolute Gasteiger partial charge is 0.293 e. The topological polar surface area (TPSA) is 39.2 Å². The van der Waals surface area contributed by atoms with Gasteiger partial charge in [-0.05, 0) is 19.9 Å². The van der Waals surface area contributed by atoms with Crippen molar-refractivity contribution < 1.29 is 9.53 Å². The Morgan fingerprint density at radius 3 is 2.20 bits per heavy atom. The molecule has 0 fully saturated rings. The van der Waals surface area contributed by atoms with Gasteiger partial charge in [0.15, 0.2) is 0 Å². The van der Waals surface area contributed by atoms with Gasteiger partial charge in [0, 0.05) is 6.20 Å². The van der Waals surface area contributed by atoms with E-state index in [0.29, 0.717) is 21.7 Å². The first-order chi connectivity index (χ1) is 6.97. The highest BCUT2D eigenvalue weighted by Gasteiger charge is 1.96. The van der Waals surface area contributed by atoms with Gasteiger partial charge in [-0.2, -0.15) is 0 Å². The molecule has 3 nitrogen and oxygen atoms in total. The van der Waals surface area contributed by atoms with E-state index in [0.717, 1.165) is 0 Å². The lowest BCUT2D eigenvalue weighted by Crippen LogP contribution is -1.98. The largest absolute Gasteiger partial charge is 0.465 e. The molecule has 0 saturated heterocycles. The van der Waals surface area contributed by atoms with E-state index in [1.165, 1.54) is 12.3 Å². The minimum atomic E-state index is 0.0301. The molecule has 1 aromatic heterocycles. The molecule has 1 heterocycles. The number of nitrogens with zero attached hydrogens (tertiary/aromatic N) is 1. The van der Waals surface area contributed by atoms with Gasteiger partial charge in [0.2, 0.25) is 0 Å². The highest BCUT2D eigenvalue weighted by atomic mass is 35.5. The van der Waals surface area contributed by atoms with Crippen LogP contribution in [0.5, 0.6) is 0 Å². The summed E-state index contributed by atoms with van der Waals surface area (Å²) in [5, 5.41) is 1.20. The van der Waals surface area contributed by atoms with Crippen LogP contribution in [0.15, 0.2) is 12.3 Å². The van der Waals surface area contributed by atoms with Crippen LogP contribution >= 0.6 is 34.8 Å². The van der Waals surface area contributed by atoms with Gasteiger partial charge < -0.3 is 4.74 Å². The Morgan fingerprint density at radius 2 is 1.93 bits per heavy atom. The van der Waals surface area contributed by atoms with Crippen LogP contribution in [0.1, 0.15) is 13.8 Å². The Morgan fingerprint density at radius 1 is 1.33 bits per heavy atom. The van der Waals surface area contributed by atoms with Crippen LogP contribution in [-0.2, 0) is 9.53 Å². The van der Waals surface area contributed by atoms with E-state index in [2.05, 4.69) is 9.72 Å². The highest BCUT2D eigenvalue weighted by Crippen LogP contribution is 2.22. The van der Waals surface area contributed by atoms with Gasteiger partial charge in [0.1, 0.15) is 5.15 Å². The Labute approximate surface area is 103 Å². The minimum Gasteiger partial charge on any atom is -0.465 e. The lowest BCUT2D eigenvalue weighted by molar-refractivity contribution is -0.131. The summed E-state index contributed by atoms with van der Waals surface area (Å²) >= 11 is 16.5. The maximum absolute atomic E-state index is 9.39. The van der Waals surface area contributed by atoms with Gasteiger partial charge in [-0.3, -0.25) is 4.79 Å². The zero-order valence-electron chi connectivity index (χ0n) is 8.21. The molecule has 0 amide bonds. The van der Waals surface area contributed by atoms with Gasteiger partial charge in [-0.1, -0.05) is 34.8 Å². The van der Waals surface area contributed by atoms with Crippen molar-refractivity contribution in [2.45, 2.75) is 20.0 Å². The summed E-state index contributed by atoms with van der Waals surface area (Å²) in [5.74, 6) is 0. The number of carbonyl (C=O) groups excluding carboxylic acids is 1. The third-order valence-corrected chi connectivity index (χ3v) is 2.02. The van der Waals surface area contributed by atoms with Crippen molar-refractivity contribution >= 4 is 41.3 Å². The zero-order chi connectivity index (χ0) is 11.8. The minimum absolute atomic E-state index is 0.0301. The Hall–Kier alpha value is -0.510. The Kier molecular flexibility index (Phi) is 7.48. The molecule has 0 atom stereocenters. The first kappa shape index (κ1) is 14.5. The standard InChI is InChI=1S/C5H2Cl3N.C4H8O2/c6-3-1-5(8)9-2-4(3)7;1-4(2)6-3-5/h1-2H;3-4H,1-2H3. The molecule has 1 aromatic rings. The fraction of sp³-hybridized carbons (Fsp3) is 0.333. The molecule has 84 valence electrons. The molecule has 0 unspecified atom stereocenters. The van der Waals surface area contributed by atoms with Crippen molar-refractivity contribution in [3.63, 3.8) is 0 Å². The SMILES string of the molecule is CC(C)OC=O.Clc1cc(Cl)c(Cl)cn1. The van der Waals surface area contributed by atoms with E-state index < -0.39 is 0 Å². The molecule has 6 heteroatoms. The number of halogens is 3. The number of ether oxygens (including phenoxy) is 1. The van der Waals surface area contributed by atoms with Crippen LogP contribution in [0.2, 0.25) is 15.2 Å². The lowest BCUT2D eigenvalue weighted by Gasteiger charge is -1.96. The van der Waals surface area contributed by atoms with Crippen LogP contribution < -0.4 is 0 Å². The third-order valence-electron chi connectivity index (χ3n) is 1.10. The number of hydrogen-bond donors (Lipinski definition) is 0. The fourth-order valence-corrected chi connectivity index (χ4v) is 0.971. The molecular weight excluding hydrogens is 260 g/mol. The van der Waals surface area contributed by atoms with Crippen LogP contribution in [0.4, 0.5) is 0 Å². The van der Waals surface area contributed by atoms with Crippen molar-refractivity contribution in [3.05, 3.63) is 27.5 Å². The summed E-state index contributed by atoms with van der Waals surface area (Å²) in [6, 6.07) is 1.49. The van der Waals surface area contributed by atoms with Crippen molar-refractivity contribution in [2.75, 3.05) is 0 Å². The second-order valence-corrected chi connectivity index (χ2v) is 3.90. The molecular formula is C9H10Cl3NO2. The maximum atomic E-state index is 9.39. The average Bonchev–Trinajstić information content (AvgIpc) is 2.13. The molecule has 0 spiro atoms. The molecule has 0 aliphatic carbocycles. The molecule has 1 rings (SSSR count). The highest BCUT2D eigenvalue weighted by molar-refractivity contribution is 6.42. The van der Waals surface area contributed by atoms with Gasteiger partial charge in [-0.25, -0.2) is 4.98 Å². The number of pyridine rings is 1. The monoisotopic (exact) mass is 269 g/mol. The number of carbonyl (C=O) groups is 1. The van der Waals surface area contributed by atoms with Gasteiger partial charge >= 0.3 is 0 Å². The van der Waals surface area contributed by atoms with Crippen LogP contribution in [0.3, 0.4) is 0 Å². The number of hydrogen-bond acceptors (Lipinski definition) is 3. The molecule has 0 aromatic carbocycles. The molecule has 15 heavy (non-hydrogen) atoms. The second-order valence-electron chi connectivity index (χ2n) is 2.70. The third kappa shape index (κ3) is 7.42. The summed E-state index contributed by atoms with van der Waals surface area (Å²) in [6.45, 7) is 4.05. The van der Waals surface area contributed by atoms with Crippen LogP contribution in [-0.4, -0.2) is 17.6 Å². The summed E-state index contributed by atoms with van der Waals surface area (Å²) < 4.78 is 4.36. The van der Waals surface area contributed by atoms with E-state index in [9.17, 15) is 4.79 Å². The summed E-state index contributed by atoms with van der Waals surface area (Å²) in [6.07, 6.45) is 1.44. The molecule has 0 radical (unpaired) electrons.